The van der Waals surface area contributed by atoms with Gasteiger partial charge in [0, 0.05) is 0 Å². The first-order valence-electron chi connectivity index (χ1n) is 8.34. The molecule has 0 saturated heterocycles. The van der Waals surface area contributed by atoms with E-state index >= 15 is 0 Å². The molecule has 0 aliphatic heterocycles. The number of rotatable bonds is 5. The Bertz CT molecular complexity index is 869. The molecule has 6 nitrogen and oxygen atoms in total. The lowest BCUT2D eigenvalue weighted by atomic mass is 10.0. The fraction of sp³-hybridized carbons (Fsp3) is 0.263. The number of hydrogen-bond acceptors (Lipinski definition) is 4. The van der Waals surface area contributed by atoms with Gasteiger partial charge in [-0.05, 0) is 54.7 Å². The molecule has 0 atom stereocenters. The lowest BCUT2D eigenvalue weighted by molar-refractivity contribution is 0.154. The van der Waals surface area contributed by atoms with Gasteiger partial charge in [0.05, 0.1) is 28.5 Å². The molecule has 2 aromatic rings. The topological polar surface area (TPSA) is 76.7 Å². The number of methoxy groups -OCH3 is 1. The summed E-state index contributed by atoms with van der Waals surface area (Å²) in [5.74, 6) is 0. The Labute approximate surface area is 166 Å². The number of ether oxygens (including phenoxy) is 2. The van der Waals surface area contributed by atoms with Crippen molar-refractivity contribution >= 4 is 46.8 Å². The Balaban J connectivity index is 1.64. The third kappa shape index (κ3) is 5.52. The van der Waals surface area contributed by atoms with E-state index in [1.165, 1.54) is 7.11 Å². The Morgan fingerprint density at radius 2 is 1.48 bits per heavy atom. The molecule has 0 unspecified atom stereocenters. The Kier molecular flexibility index (Phi) is 6.08. The summed E-state index contributed by atoms with van der Waals surface area (Å²) in [7, 11) is 1.28. The lowest BCUT2D eigenvalue weighted by Crippen LogP contribution is -2.15. The highest BCUT2D eigenvalue weighted by molar-refractivity contribution is 6.34. The second-order valence-corrected chi connectivity index (χ2v) is 6.97. The Hall–Kier alpha value is -2.44. The zero-order valence-corrected chi connectivity index (χ0v) is 16.1. The highest BCUT2D eigenvalue weighted by atomic mass is 35.5. The van der Waals surface area contributed by atoms with Crippen molar-refractivity contribution in [2.45, 2.75) is 25.4 Å². The molecular weight excluding hydrogens is 391 g/mol. The number of halogens is 2. The molecule has 2 aromatic carbocycles. The van der Waals surface area contributed by atoms with Gasteiger partial charge < -0.3 is 9.47 Å². The number of benzene rings is 2. The zero-order chi connectivity index (χ0) is 19.4. The molecule has 1 saturated carbocycles. The van der Waals surface area contributed by atoms with Crippen molar-refractivity contribution < 1.29 is 19.1 Å². The molecule has 0 spiro atoms. The number of nitrogens with one attached hydrogen (secondary N) is 2. The average Bonchev–Trinajstić information content (AvgIpc) is 3.43. The summed E-state index contributed by atoms with van der Waals surface area (Å²) in [5, 5.41) is 6.02. The van der Waals surface area contributed by atoms with Gasteiger partial charge in [-0.1, -0.05) is 35.3 Å². The highest BCUT2D eigenvalue weighted by Gasteiger charge is 2.26. The van der Waals surface area contributed by atoms with Gasteiger partial charge in [0.1, 0.15) is 6.10 Å². The fourth-order valence-electron chi connectivity index (χ4n) is 2.41. The molecule has 2 N–H and O–H groups in total. The maximum atomic E-state index is 11.7. The average molecular weight is 409 g/mol. The largest absolute Gasteiger partial charge is 0.453 e. The van der Waals surface area contributed by atoms with Crippen LogP contribution in [0, 0.1) is 0 Å². The first-order chi connectivity index (χ1) is 12.9. The van der Waals surface area contributed by atoms with Crippen molar-refractivity contribution in [3.8, 4) is 0 Å². The van der Waals surface area contributed by atoms with E-state index in [1.807, 2.05) is 12.1 Å². The Morgan fingerprint density at radius 3 is 1.93 bits per heavy atom. The summed E-state index contributed by atoms with van der Waals surface area (Å²) >= 11 is 12.5. The van der Waals surface area contributed by atoms with Crippen LogP contribution < -0.4 is 10.6 Å². The van der Waals surface area contributed by atoms with Crippen molar-refractivity contribution in [2.75, 3.05) is 17.7 Å². The van der Waals surface area contributed by atoms with Crippen LogP contribution in [-0.2, 0) is 15.9 Å². The fourth-order valence-corrected chi connectivity index (χ4v) is 2.91. The van der Waals surface area contributed by atoms with Crippen molar-refractivity contribution in [1.29, 1.82) is 0 Å². The number of amides is 2. The predicted molar refractivity (Wildman–Crippen MR) is 105 cm³/mol. The molecule has 3 rings (SSSR count). The van der Waals surface area contributed by atoms with E-state index in [0.717, 1.165) is 24.0 Å². The van der Waals surface area contributed by atoms with E-state index in [4.69, 9.17) is 27.9 Å². The van der Waals surface area contributed by atoms with Gasteiger partial charge in [-0.25, -0.2) is 9.59 Å². The molecule has 8 heteroatoms. The minimum atomic E-state index is -0.584. The molecule has 27 heavy (non-hydrogen) atoms. The number of carbonyl (C=O) groups excluding carboxylic acids is 2. The van der Waals surface area contributed by atoms with E-state index < -0.39 is 12.2 Å². The van der Waals surface area contributed by atoms with Gasteiger partial charge in [0.2, 0.25) is 0 Å². The molecule has 0 aromatic heterocycles. The molecular formula is C19H18Cl2N2O4. The van der Waals surface area contributed by atoms with Crippen molar-refractivity contribution in [3.63, 3.8) is 0 Å². The lowest BCUT2D eigenvalue weighted by Gasteiger charge is -2.11. The van der Waals surface area contributed by atoms with Crippen LogP contribution >= 0.6 is 23.2 Å². The molecule has 1 aliphatic carbocycles. The number of hydrogen-bond donors (Lipinski definition) is 2. The zero-order valence-electron chi connectivity index (χ0n) is 14.6. The van der Waals surface area contributed by atoms with E-state index in [1.54, 1.807) is 24.3 Å². The summed E-state index contributed by atoms with van der Waals surface area (Å²) in [5.41, 5.74) is 2.87. The van der Waals surface area contributed by atoms with Gasteiger partial charge in [0.25, 0.3) is 0 Å². The van der Waals surface area contributed by atoms with Gasteiger partial charge in [-0.15, -0.1) is 0 Å². The first-order valence-corrected chi connectivity index (χ1v) is 9.09. The third-order valence-electron chi connectivity index (χ3n) is 3.93. The van der Waals surface area contributed by atoms with E-state index in [2.05, 4.69) is 15.4 Å². The monoisotopic (exact) mass is 408 g/mol. The molecule has 0 radical (unpaired) electrons. The smallest absolute Gasteiger partial charge is 0.411 e. The standard InChI is InChI=1S/C19H18Cl2N2O4/c1-26-18(24)22-16-6-2-11(9-14(16)20)8-12-3-7-17(15(21)10-12)23-19(25)27-13-4-5-13/h2-3,6-7,9-10,13H,4-5,8H2,1H3,(H,22,24)(H,23,25). The van der Waals surface area contributed by atoms with Gasteiger partial charge in [0.15, 0.2) is 0 Å². The van der Waals surface area contributed by atoms with Crippen LogP contribution in [0.3, 0.4) is 0 Å². The van der Waals surface area contributed by atoms with E-state index in [9.17, 15) is 9.59 Å². The minimum Gasteiger partial charge on any atom is -0.453 e. The van der Waals surface area contributed by atoms with Gasteiger partial charge in [-0.2, -0.15) is 0 Å². The van der Waals surface area contributed by atoms with Gasteiger partial charge in [-0.3, -0.25) is 10.6 Å². The maximum Gasteiger partial charge on any atom is 0.411 e. The van der Waals surface area contributed by atoms with Crippen LogP contribution in [0.5, 0.6) is 0 Å². The molecule has 0 heterocycles. The van der Waals surface area contributed by atoms with Crippen LogP contribution in [0.25, 0.3) is 0 Å². The minimum absolute atomic E-state index is 0.0319. The molecule has 1 aliphatic rings. The second kappa shape index (κ2) is 8.50. The summed E-state index contributed by atoms with van der Waals surface area (Å²) in [6.07, 6.45) is 1.37. The van der Waals surface area contributed by atoms with Crippen molar-refractivity contribution in [3.05, 3.63) is 57.6 Å². The normalized spacial score (nSPS) is 13.0. The molecule has 142 valence electrons. The number of carbonyl (C=O) groups is 2. The van der Waals surface area contributed by atoms with Crippen LogP contribution in [0.15, 0.2) is 36.4 Å². The van der Waals surface area contributed by atoms with E-state index in [-0.39, 0.29) is 6.10 Å². The molecule has 2 amide bonds. The number of anilines is 2. The summed E-state index contributed by atoms with van der Waals surface area (Å²) in [4.78, 5) is 23.0. The third-order valence-corrected chi connectivity index (χ3v) is 4.56. The second-order valence-electron chi connectivity index (χ2n) is 6.15. The van der Waals surface area contributed by atoms with Crippen LogP contribution in [0.4, 0.5) is 21.0 Å². The molecule has 1 fully saturated rings. The summed E-state index contributed by atoms with van der Waals surface area (Å²) in [6.45, 7) is 0. The van der Waals surface area contributed by atoms with Crippen molar-refractivity contribution in [2.24, 2.45) is 0 Å². The quantitative estimate of drug-likeness (QED) is 0.686. The van der Waals surface area contributed by atoms with Crippen LogP contribution in [-0.4, -0.2) is 25.4 Å². The SMILES string of the molecule is COC(=O)Nc1ccc(Cc2ccc(NC(=O)OC3CC3)c(Cl)c2)cc1Cl. The van der Waals surface area contributed by atoms with Crippen LogP contribution in [0.1, 0.15) is 24.0 Å². The highest BCUT2D eigenvalue weighted by Crippen LogP contribution is 2.28. The Morgan fingerprint density at radius 1 is 0.963 bits per heavy atom. The predicted octanol–water partition coefficient (Wildman–Crippen LogP) is 5.47. The van der Waals surface area contributed by atoms with Crippen molar-refractivity contribution in [1.82, 2.24) is 0 Å². The van der Waals surface area contributed by atoms with E-state index in [0.29, 0.717) is 27.8 Å². The summed E-state index contributed by atoms with van der Waals surface area (Å²) < 4.78 is 9.69. The summed E-state index contributed by atoms with van der Waals surface area (Å²) in [6, 6.07) is 10.7. The maximum absolute atomic E-state index is 11.7. The molecule has 0 bridgehead atoms. The van der Waals surface area contributed by atoms with Gasteiger partial charge >= 0.3 is 12.2 Å². The first kappa shape index (κ1) is 19.3. The van der Waals surface area contributed by atoms with Crippen LogP contribution in [0.2, 0.25) is 10.0 Å².